The Morgan fingerprint density at radius 2 is 2.22 bits per heavy atom. The smallest absolute Gasteiger partial charge is 0.239 e. The lowest BCUT2D eigenvalue weighted by molar-refractivity contribution is -0.119. The number of fused-ring (bicyclic) bond motifs is 1. The van der Waals surface area contributed by atoms with E-state index in [4.69, 9.17) is 5.73 Å². The molecule has 0 atom stereocenters. The first-order valence-corrected chi connectivity index (χ1v) is 5.71. The summed E-state index contributed by atoms with van der Waals surface area (Å²) in [6.45, 7) is 2.67. The van der Waals surface area contributed by atoms with E-state index >= 15 is 0 Å². The summed E-state index contributed by atoms with van der Waals surface area (Å²) in [7, 11) is 0. The number of rotatable bonds is 4. The number of nitrogens with zero attached hydrogens (tertiary/aromatic N) is 2. The maximum absolute atomic E-state index is 11.4. The van der Waals surface area contributed by atoms with Gasteiger partial charge in [-0.05, 0) is 25.1 Å². The molecule has 0 unspecified atom stereocenters. The predicted octanol–water partition coefficient (Wildman–Crippen LogP) is 0.760. The number of nitrogen functional groups attached to an aromatic ring is 1. The van der Waals surface area contributed by atoms with Gasteiger partial charge in [-0.25, -0.2) is 9.97 Å². The molecule has 1 heterocycles. The lowest BCUT2D eigenvalue weighted by Gasteiger charge is -2.08. The molecule has 0 bridgehead atoms. The second kappa shape index (κ2) is 5.31. The molecule has 6 nitrogen and oxygen atoms in total. The highest BCUT2D eigenvalue weighted by molar-refractivity contribution is 5.92. The van der Waals surface area contributed by atoms with Crippen molar-refractivity contribution in [2.24, 2.45) is 0 Å². The number of hydrogen-bond acceptors (Lipinski definition) is 5. The third kappa shape index (κ3) is 2.65. The number of hydrogen-bond donors (Lipinski definition) is 3. The minimum Gasteiger partial charge on any atom is -0.399 e. The molecule has 94 valence electrons. The Labute approximate surface area is 105 Å². The van der Waals surface area contributed by atoms with Gasteiger partial charge in [0.05, 0.1) is 12.1 Å². The molecule has 2 rings (SSSR count). The molecular weight excluding hydrogens is 230 g/mol. The van der Waals surface area contributed by atoms with Crippen LogP contribution in [0, 0.1) is 0 Å². The Balaban J connectivity index is 2.20. The summed E-state index contributed by atoms with van der Waals surface area (Å²) in [5, 5.41) is 6.54. The van der Waals surface area contributed by atoms with Crippen molar-refractivity contribution in [3.8, 4) is 0 Å². The summed E-state index contributed by atoms with van der Waals surface area (Å²) in [5.41, 5.74) is 7.09. The van der Waals surface area contributed by atoms with Crippen molar-refractivity contribution >= 4 is 28.3 Å². The van der Waals surface area contributed by atoms with Gasteiger partial charge >= 0.3 is 0 Å². The number of carbonyl (C=O) groups is 1. The topological polar surface area (TPSA) is 92.9 Å². The first-order chi connectivity index (χ1) is 8.70. The Hall–Kier alpha value is -2.37. The Morgan fingerprint density at radius 1 is 1.39 bits per heavy atom. The Kier molecular flexibility index (Phi) is 3.57. The van der Waals surface area contributed by atoms with Gasteiger partial charge in [-0.2, -0.15) is 0 Å². The minimum atomic E-state index is -0.0697. The second-order valence-electron chi connectivity index (χ2n) is 3.81. The van der Waals surface area contributed by atoms with Crippen molar-refractivity contribution in [3.05, 3.63) is 24.5 Å². The molecular formula is C12H15N5O. The summed E-state index contributed by atoms with van der Waals surface area (Å²) < 4.78 is 0. The lowest BCUT2D eigenvalue weighted by atomic mass is 10.2. The van der Waals surface area contributed by atoms with Gasteiger partial charge in [0.25, 0.3) is 0 Å². The molecule has 0 aliphatic carbocycles. The number of likely N-dealkylation sites (N-methyl/N-ethyl adjacent to an activating group) is 1. The van der Waals surface area contributed by atoms with Gasteiger partial charge in [-0.1, -0.05) is 0 Å². The molecule has 6 heteroatoms. The van der Waals surface area contributed by atoms with Crippen LogP contribution in [0.25, 0.3) is 10.9 Å². The number of amides is 1. The van der Waals surface area contributed by atoms with Crippen molar-refractivity contribution in [2.75, 3.05) is 24.1 Å². The standard InChI is InChI=1S/C12H15N5O/c1-2-14-11(18)6-15-12-9-4-3-8(13)5-10(9)16-7-17-12/h3-5,7H,2,6,13H2,1H3,(H,14,18)(H,15,16,17). The van der Waals surface area contributed by atoms with Gasteiger partial charge in [-0.15, -0.1) is 0 Å². The highest BCUT2D eigenvalue weighted by atomic mass is 16.1. The van der Waals surface area contributed by atoms with E-state index in [1.165, 1.54) is 6.33 Å². The molecule has 0 aliphatic rings. The van der Waals surface area contributed by atoms with Crippen LogP contribution >= 0.6 is 0 Å². The van der Waals surface area contributed by atoms with Crippen molar-refractivity contribution in [1.29, 1.82) is 0 Å². The van der Waals surface area contributed by atoms with Crippen LogP contribution in [0.15, 0.2) is 24.5 Å². The maximum atomic E-state index is 11.4. The molecule has 0 spiro atoms. The number of aromatic nitrogens is 2. The summed E-state index contributed by atoms with van der Waals surface area (Å²) >= 11 is 0. The van der Waals surface area contributed by atoms with Crippen molar-refractivity contribution in [1.82, 2.24) is 15.3 Å². The predicted molar refractivity (Wildman–Crippen MR) is 71.1 cm³/mol. The van der Waals surface area contributed by atoms with Crippen LogP contribution in [-0.2, 0) is 4.79 Å². The lowest BCUT2D eigenvalue weighted by Crippen LogP contribution is -2.29. The fourth-order valence-corrected chi connectivity index (χ4v) is 1.64. The van der Waals surface area contributed by atoms with E-state index in [0.29, 0.717) is 18.1 Å². The van der Waals surface area contributed by atoms with Crippen molar-refractivity contribution in [2.45, 2.75) is 6.92 Å². The third-order valence-corrected chi connectivity index (χ3v) is 2.45. The van der Waals surface area contributed by atoms with Gasteiger partial charge in [0, 0.05) is 17.6 Å². The Bertz CT molecular complexity index is 569. The molecule has 1 amide bonds. The fraction of sp³-hybridized carbons (Fsp3) is 0.250. The largest absolute Gasteiger partial charge is 0.399 e. The van der Waals surface area contributed by atoms with E-state index in [9.17, 15) is 4.79 Å². The monoisotopic (exact) mass is 245 g/mol. The number of nitrogens with one attached hydrogen (secondary N) is 2. The first kappa shape index (κ1) is 12.1. The van der Waals surface area contributed by atoms with Crippen LogP contribution in [0.4, 0.5) is 11.5 Å². The van der Waals surface area contributed by atoms with E-state index in [-0.39, 0.29) is 12.5 Å². The second-order valence-corrected chi connectivity index (χ2v) is 3.81. The number of benzene rings is 1. The van der Waals surface area contributed by atoms with E-state index in [1.807, 2.05) is 13.0 Å². The van der Waals surface area contributed by atoms with Gasteiger partial charge in [0.1, 0.15) is 12.1 Å². The maximum Gasteiger partial charge on any atom is 0.239 e. The molecule has 18 heavy (non-hydrogen) atoms. The van der Waals surface area contributed by atoms with Crippen LogP contribution in [0.3, 0.4) is 0 Å². The molecule has 0 radical (unpaired) electrons. The van der Waals surface area contributed by atoms with Crippen LogP contribution in [0.5, 0.6) is 0 Å². The summed E-state index contributed by atoms with van der Waals surface area (Å²) in [4.78, 5) is 19.6. The first-order valence-electron chi connectivity index (χ1n) is 5.71. The van der Waals surface area contributed by atoms with Crippen LogP contribution < -0.4 is 16.4 Å². The summed E-state index contributed by atoms with van der Waals surface area (Å²) in [5.74, 6) is 0.561. The normalized spacial score (nSPS) is 10.3. The number of carbonyl (C=O) groups excluding carboxylic acids is 1. The molecule has 1 aromatic heterocycles. The van der Waals surface area contributed by atoms with Crippen LogP contribution in [0.1, 0.15) is 6.92 Å². The molecule has 4 N–H and O–H groups in total. The van der Waals surface area contributed by atoms with Gasteiger partial charge in [-0.3, -0.25) is 4.79 Å². The molecule has 1 aromatic carbocycles. The van der Waals surface area contributed by atoms with E-state index in [0.717, 1.165) is 10.9 Å². The number of nitrogens with two attached hydrogens (primary N) is 1. The minimum absolute atomic E-state index is 0.0697. The zero-order valence-corrected chi connectivity index (χ0v) is 10.1. The van der Waals surface area contributed by atoms with Gasteiger partial charge < -0.3 is 16.4 Å². The fourth-order valence-electron chi connectivity index (χ4n) is 1.64. The quantitative estimate of drug-likeness (QED) is 0.691. The average molecular weight is 245 g/mol. The Morgan fingerprint density at radius 3 is 3.00 bits per heavy atom. The third-order valence-electron chi connectivity index (χ3n) is 2.45. The summed E-state index contributed by atoms with van der Waals surface area (Å²) in [6.07, 6.45) is 1.45. The molecule has 0 aliphatic heterocycles. The molecule has 2 aromatic rings. The number of anilines is 2. The highest BCUT2D eigenvalue weighted by Crippen LogP contribution is 2.20. The van der Waals surface area contributed by atoms with Crippen LogP contribution in [0.2, 0.25) is 0 Å². The zero-order chi connectivity index (χ0) is 13.0. The summed E-state index contributed by atoms with van der Waals surface area (Å²) in [6, 6.07) is 5.39. The van der Waals surface area contributed by atoms with E-state index in [1.54, 1.807) is 12.1 Å². The van der Waals surface area contributed by atoms with Gasteiger partial charge in [0.15, 0.2) is 0 Å². The molecule has 0 fully saturated rings. The molecule has 0 saturated heterocycles. The zero-order valence-electron chi connectivity index (χ0n) is 10.1. The van der Waals surface area contributed by atoms with E-state index < -0.39 is 0 Å². The van der Waals surface area contributed by atoms with Crippen molar-refractivity contribution < 1.29 is 4.79 Å². The SMILES string of the molecule is CCNC(=O)CNc1ncnc2cc(N)ccc12. The van der Waals surface area contributed by atoms with Gasteiger partial charge in [0.2, 0.25) is 5.91 Å². The average Bonchev–Trinajstić information content (AvgIpc) is 2.36. The van der Waals surface area contributed by atoms with Crippen molar-refractivity contribution in [3.63, 3.8) is 0 Å². The van der Waals surface area contributed by atoms with E-state index in [2.05, 4.69) is 20.6 Å². The van der Waals surface area contributed by atoms with Crippen LogP contribution in [-0.4, -0.2) is 29.0 Å². The highest BCUT2D eigenvalue weighted by Gasteiger charge is 2.05. The molecule has 0 saturated carbocycles.